The van der Waals surface area contributed by atoms with Crippen LogP contribution in [0.3, 0.4) is 0 Å². The lowest BCUT2D eigenvalue weighted by atomic mass is 10.3. The Kier molecular flexibility index (Phi) is 2.88. The molecule has 0 aliphatic heterocycles. The fraction of sp³-hybridized carbons (Fsp3) is 0.400. The van der Waals surface area contributed by atoms with E-state index in [1.165, 1.54) is 12.8 Å². The standard InChI is InChI=1S/C10H13BO2/c1-2-4-10(5-3-1)13-11-12-8-9-6-7-9/h1-5,9,11H,6-8H2. The van der Waals surface area contributed by atoms with E-state index in [4.69, 9.17) is 9.31 Å². The average molecular weight is 176 g/mol. The van der Waals surface area contributed by atoms with Crippen molar-refractivity contribution in [2.75, 3.05) is 6.61 Å². The zero-order valence-corrected chi connectivity index (χ0v) is 7.61. The molecule has 1 aromatic rings. The molecule has 0 saturated heterocycles. The van der Waals surface area contributed by atoms with Crippen molar-refractivity contribution in [1.82, 2.24) is 0 Å². The highest BCUT2D eigenvalue weighted by Gasteiger charge is 2.21. The largest absolute Gasteiger partial charge is 0.539 e. The SMILES string of the molecule is B(OCC1CC1)Oc1ccccc1. The van der Waals surface area contributed by atoms with E-state index < -0.39 is 0 Å². The first-order valence-corrected chi connectivity index (χ1v) is 4.71. The van der Waals surface area contributed by atoms with E-state index >= 15 is 0 Å². The second-order valence-corrected chi connectivity index (χ2v) is 3.39. The first-order valence-electron chi connectivity index (χ1n) is 4.71. The maximum atomic E-state index is 5.36. The van der Waals surface area contributed by atoms with E-state index in [-0.39, 0.29) is 0 Å². The Balaban J connectivity index is 1.61. The molecule has 0 N–H and O–H groups in total. The first kappa shape index (κ1) is 8.63. The van der Waals surface area contributed by atoms with Gasteiger partial charge in [0.25, 0.3) is 0 Å². The van der Waals surface area contributed by atoms with Gasteiger partial charge in [-0.25, -0.2) is 0 Å². The van der Waals surface area contributed by atoms with Crippen LogP contribution in [0, 0.1) is 5.92 Å². The Bertz CT molecular complexity index is 246. The van der Waals surface area contributed by atoms with Crippen molar-refractivity contribution in [3.8, 4) is 5.75 Å². The van der Waals surface area contributed by atoms with Gasteiger partial charge in [0.1, 0.15) is 5.75 Å². The molecule has 0 spiro atoms. The topological polar surface area (TPSA) is 18.5 Å². The average Bonchev–Trinajstić information content (AvgIpc) is 2.98. The van der Waals surface area contributed by atoms with Crippen molar-refractivity contribution >= 4 is 7.69 Å². The smallest absolute Gasteiger partial charge is 0.506 e. The Hall–Kier alpha value is -0.955. The van der Waals surface area contributed by atoms with Crippen LogP contribution >= 0.6 is 0 Å². The van der Waals surface area contributed by atoms with Crippen LogP contribution < -0.4 is 4.65 Å². The van der Waals surface area contributed by atoms with Crippen molar-refractivity contribution in [2.24, 2.45) is 5.92 Å². The molecule has 2 rings (SSSR count). The summed E-state index contributed by atoms with van der Waals surface area (Å²) in [7, 11) is 0.376. The van der Waals surface area contributed by atoms with Gasteiger partial charge in [-0.15, -0.1) is 0 Å². The second-order valence-electron chi connectivity index (χ2n) is 3.39. The molecular formula is C10H13BO2. The molecule has 0 aromatic heterocycles. The van der Waals surface area contributed by atoms with Crippen LogP contribution in [0.5, 0.6) is 5.75 Å². The first-order chi connectivity index (χ1) is 6.45. The van der Waals surface area contributed by atoms with Gasteiger partial charge in [0, 0.05) is 6.61 Å². The minimum Gasteiger partial charge on any atom is -0.539 e. The molecule has 0 atom stereocenters. The van der Waals surface area contributed by atoms with E-state index in [0.717, 1.165) is 18.3 Å². The van der Waals surface area contributed by atoms with Gasteiger partial charge in [-0.3, -0.25) is 0 Å². The summed E-state index contributed by atoms with van der Waals surface area (Å²) in [4.78, 5) is 0. The van der Waals surface area contributed by atoms with Gasteiger partial charge in [-0.05, 0) is 30.9 Å². The third-order valence-electron chi connectivity index (χ3n) is 2.10. The van der Waals surface area contributed by atoms with E-state index in [1.807, 2.05) is 30.3 Å². The summed E-state index contributed by atoms with van der Waals surface area (Å²) in [5.74, 6) is 1.68. The number of rotatable bonds is 5. The van der Waals surface area contributed by atoms with Crippen molar-refractivity contribution in [1.29, 1.82) is 0 Å². The van der Waals surface area contributed by atoms with E-state index in [0.29, 0.717) is 7.69 Å². The molecule has 13 heavy (non-hydrogen) atoms. The number of hydrogen-bond acceptors (Lipinski definition) is 2. The molecule has 0 unspecified atom stereocenters. The minimum absolute atomic E-state index is 0.376. The van der Waals surface area contributed by atoms with Crippen molar-refractivity contribution in [3.63, 3.8) is 0 Å². The van der Waals surface area contributed by atoms with Crippen LogP contribution in [0.4, 0.5) is 0 Å². The molecule has 0 bridgehead atoms. The van der Waals surface area contributed by atoms with Crippen LogP contribution in [-0.2, 0) is 4.65 Å². The van der Waals surface area contributed by atoms with Crippen LogP contribution in [0.25, 0.3) is 0 Å². The summed E-state index contributed by atoms with van der Waals surface area (Å²) in [5, 5.41) is 0. The lowest BCUT2D eigenvalue weighted by Crippen LogP contribution is -2.09. The Morgan fingerprint density at radius 1 is 1.23 bits per heavy atom. The fourth-order valence-corrected chi connectivity index (χ4v) is 1.13. The van der Waals surface area contributed by atoms with Crippen molar-refractivity contribution < 1.29 is 9.31 Å². The van der Waals surface area contributed by atoms with E-state index in [1.54, 1.807) is 0 Å². The van der Waals surface area contributed by atoms with Gasteiger partial charge in [-0.1, -0.05) is 18.2 Å². The molecule has 1 aromatic carbocycles. The molecule has 0 radical (unpaired) electrons. The summed E-state index contributed by atoms with van der Waals surface area (Å²) < 4.78 is 10.7. The molecule has 1 fully saturated rings. The molecule has 1 saturated carbocycles. The highest BCUT2D eigenvalue weighted by atomic mass is 16.6. The van der Waals surface area contributed by atoms with Gasteiger partial charge in [0.2, 0.25) is 0 Å². The molecule has 68 valence electrons. The predicted octanol–water partition coefficient (Wildman–Crippen LogP) is 1.76. The molecule has 2 nitrogen and oxygen atoms in total. The summed E-state index contributed by atoms with van der Waals surface area (Å²) in [6.45, 7) is 0.854. The molecular weight excluding hydrogens is 163 g/mol. The quantitative estimate of drug-likeness (QED) is 0.502. The maximum absolute atomic E-state index is 5.36. The summed E-state index contributed by atoms with van der Waals surface area (Å²) in [6, 6.07) is 9.74. The predicted molar refractivity (Wildman–Crippen MR) is 52.9 cm³/mol. The normalized spacial score (nSPS) is 15.4. The second kappa shape index (κ2) is 4.33. The van der Waals surface area contributed by atoms with E-state index in [9.17, 15) is 0 Å². The van der Waals surface area contributed by atoms with E-state index in [2.05, 4.69) is 0 Å². The van der Waals surface area contributed by atoms with Crippen LogP contribution in [0.2, 0.25) is 0 Å². The fourth-order valence-electron chi connectivity index (χ4n) is 1.13. The Labute approximate surface area is 79.2 Å². The van der Waals surface area contributed by atoms with Gasteiger partial charge in [0.05, 0.1) is 0 Å². The maximum Gasteiger partial charge on any atom is 0.506 e. The minimum atomic E-state index is 0.376. The summed E-state index contributed by atoms with van der Waals surface area (Å²) in [5.41, 5.74) is 0. The number of hydrogen-bond donors (Lipinski definition) is 0. The zero-order chi connectivity index (χ0) is 8.93. The van der Waals surface area contributed by atoms with Gasteiger partial charge < -0.3 is 9.31 Å². The summed E-state index contributed by atoms with van der Waals surface area (Å²) in [6.07, 6.45) is 2.65. The van der Waals surface area contributed by atoms with Crippen molar-refractivity contribution in [2.45, 2.75) is 12.8 Å². The Morgan fingerprint density at radius 3 is 2.69 bits per heavy atom. The lowest BCUT2D eigenvalue weighted by molar-refractivity contribution is 0.274. The lowest BCUT2D eigenvalue weighted by Gasteiger charge is -2.04. The van der Waals surface area contributed by atoms with Crippen LogP contribution in [-0.4, -0.2) is 14.3 Å². The molecule has 1 aliphatic rings. The molecule has 0 amide bonds. The van der Waals surface area contributed by atoms with Crippen LogP contribution in [0.1, 0.15) is 12.8 Å². The van der Waals surface area contributed by atoms with Gasteiger partial charge in [0.15, 0.2) is 0 Å². The van der Waals surface area contributed by atoms with Crippen molar-refractivity contribution in [3.05, 3.63) is 30.3 Å². The molecule has 0 heterocycles. The molecule has 1 aliphatic carbocycles. The highest BCUT2D eigenvalue weighted by molar-refractivity contribution is 6.19. The highest BCUT2D eigenvalue weighted by Crippen LogP contribution is 2.28. The van der Waals surface area contributed by atoms with Crippen LogP contribution in [0.15, 0.2) is 30.3 Å². The third-order valence-corrected chi connectivity index (χ3v) is 2.10. The number of para-hydroxylation sites is 1. The third kappa shape index (κ3) is 3.11. The number of benzene rings is 1. The molecule has 3 heteroatoms. The summed E-state index contributed by atoms with van der Waals surface area (Å²) >= 11 is 0. The van der Waals surface area contributed by atoms with Gasteiger partial charge >= 0.3 is 7.69 Å². The Morgan fingerprint density at radius 2 is 2.00 bits per heavy atom. The zero-order valence-electron chi connectivity index (χ0n) is 7.61. The van der Waals surface area contributed by atoms with Gasteiger partial charge in [-0.2, -0.15) is 0 Å². The monoisotopic (exact) mass is 176 g/mol.